The van der Waals surface area contributed by atoms with Gasteiger partial charge < -0.3 is 24.3 Å². The maximum atomic E-state index is 12.5. The molecule has 2 aromatic rings. The largest absolute Gasteiger partial charge is 0.573 e. The van der Waals surface area contributed by atoms with E-state index in [1.54, 1.807) is 24.3 Å². The van der Waals surface area contributed by atoms with Crippen LogP contribution in [0.2, 0.25) is 0 Å². The minimum Gasteiger partial charge on any atom is -0.496 e. The Labute approximate surface area is 149 Å². The minimum atomic E-state index is -4.73. The van der Waals surface area contributed by atoms with Crippen molar-refractivity contribution >= 4 is 0 Å². The summed E-state index contributed by atoms with van der Waals surface area (Å²) in [5.41, 5.74) is 1.17. The molecule has 8 heteroatoms. The van der Waals surface area contributed by atoms with Gasteiger partial charge in [-0.1, -0.05) is 18.2 Å². The first-order chi connectivity index (χ1) is 12.4. The molecule has 142 valence electrons. The molecule has 0 spiro atoms. The second kappa shape index (κ2) is 8.66. The van der Waals surface area contributed by atoms with Gasteiger partial charge in [-0.3, -0.25) is 0 Å². The Morgan fingerprint density at radius 3 is 1.96 bits per heavy atom. The highest BCUT2D eigenvalue weighted by Crippen LogP contribution is 2.34. The van der Waals surface area contributed by atoms with Gasteiger partial charge >= 0.3 is 6.36 Å². The van der Waals surface area contributed by atoms with E-state index in [9.17, 15) is 13.2 Å². The van der Waals surface area contributed by atoms with Crippen LogP contribution in [0, 0.1) is 0 Å². The average molecular weight is 371 g/mol. The van der Waals surface area contributed by atoms with Gasteiger partial charge in [-0.25, -0.2) is 0 Å². The summed E-state index contributed by atoms with van der Waals surface area (Å²) in [7, 11) is 4.57. The van der Waals surface area contributed by atoms with E-state index in [1.165, 1.54) is 33.5 Å². The van der Waals surface area contributed by atoms with E-state index in [0.29, 0.717) is 29.4 Å². The molecule has 0 aromatic heterocycles. The zero-order chi connectivity index (χ0) is 19.2. The summed E-state index contributed by atoms with van der Waals surface area (Å²) in [5, 5.41) is 3.08. The van der Waals surface area contributed by atoms with Crippen molar-refractivity contribution in [3.63, 3.8) is 0 Å². The fourth-order valence-electron chi connectivity index (χ4n) is 2.44. The number of ether oxygens (including phenoxy) is 4. The van der Waals surface area contributed by atoms with Crippen LogP contribution in [-0.4, -0.2) is 27.7 Å². The first kappa shape index (κ1) is 19.7. The molecule has 0 amide bonds. The zero-order valence-corrected chi connectivity index (χ0v) is 14.6. The van der Waals surface area contributed by atoms with Crippen molar-refractivity contribution in [3.8, 4) is 23.0 Å². The predicted molar refractivity (Wildman–Crippen MR) is 89.8 cm³/mol. The molecule has 0 saturated carbocycles. The summed E-state index contributed by atoms with van der Waals surface area (Å²) < 4.78 is 57.3. The normalized spacial score (nSPS) is 11.2. The lowest BCUT2D eigenvalue weighted by atomic mass is 10.1. The molecular weight excluding hydrogens is 351 g/mol. The zero-order valence-electron chi connectivity index (χ0n) is 14.6. The molecule has 0 aliphatic rings. The quantitative estimate of drug-likeness (QED) is 0.763. The summed E-state index contributed by atoms with van der Waals surface area (Å²) in [6, 6.07) is 9.43. The highest BCUT2D eigenvalue weighted by molar-refractivity contribution is 5.50. The van der Waals surface area contributed by atoms with E-state index in [0.717, 1.165) is 5.56 Å². The van der Waals surface area contributed by atoms with E-state index in [-0.39, 0.29) is 12.3 Å². The lowest BCUT2D eigenvalue weighted by Crippen LogP contribution is -2.20. The molecule has 5 nitrogen and oxygen atoms in total. The number of benzene rings is 2. The number of methoxy groups -OCH3 is 3. The Morgan fingerprint density at radius 2 is 1.35 bits per heavy atom. The topological polar surface area (TPSA) is 49.0 Å². The van der Waals surface area contributed by atoms with Gasteiger partial charge in [0, 0.05) is 30.3 Å². The fraction of sp³-hybridized carbons (Fsp3) is 0.333. The number of rotatable bonds is 8. The number of para-hydroxylation sites is 1. The van der Waals surface area contributed by atoms with Gasteiger partial charge in [0.15, 0.2) is 11.5 Å². The van der Waals surface area contributed by atoms with Gasteiger partial charge in [0.05, 0.1) is 21.3 Å². The molecule has 0 aliphatic heterocycles. The third-order valence-corrected chi connectivity index (χ3v) is 3.62. The molecule has 0 saturated heterocycles. The van der Waals surface area contributed by atoms with Crippen molar-refractivity contribution in [2.24, 2.45) is 0 Å². The highest BCUT2D eigenvalue weighted by atomic mass is 19.4. The molecule has 0 heterocycles. The third kappa shape index (κ3) is 5.19. The predicted octanol–water partition coefficient (Wildman–Crippen LogP) is 3.90. The van der Waals surface area contributed by atoms with Crippen LogP contribution in [0.1, 0.15) is 11.1 Å². The Bertz CT molecular complexity index is 735. The summed E-state index contributed by atoms with van der Waals surface area (Å²) >= 11 is 0. The SMILES string of the molecule is COc1cc(OC)c(OC)cc1CNCc1ccccc1OC(F)(F)F. The van der Waals surface area contributed by atoms with Gasteiger partial charge in [-0.15, -0.1) is 13.2 Å². The van der Waals surface area contributed by atoms with Crippen LogP contribution in [-0.2, 0) is 13.1 Å². The molecule has 0 fully saturated rings. The second-order valence-corrected chi connectivity index (χ2v) is 5.28. The molecule has 0 unspecified atom stereocenters. The summed E-state index contributed by atoms with van der Waals surface area (Å²) in [5.74, 6) is 1.41. The van der Waals surface area contributed by atoms with Crippen molar-refractivity contribution in [2.45, 2.75) is 19.5 Å². The molecule has 2 aromatic carbocycles. The Balaban J connectivity index is 2.11. The fourth-order valence-corrected chi connectivity index (χ4v) is 2.44. The van der Waals surface area contributed by atoms with E-state index < -0.39 is 6.36 Å². The van der Waals surface area contributed by atoms with Crippen LogP contribution >= 0.6 is 0 Å². The maximum absolute atomic E-state index is 12.5. The van der Waals surface area contributed by atoms with Gasteiger partial charge in [0.25, 0.3) is 0 Å². The standard InChI is InChI=1S/C18H20F3NO4/c1-23-15-9-17(25-3)16(24-2)8-13(15)11-22-10-12-6-4-5-7-14(12)26-18(19,20)21/h4-9,22H,10-11H2,1-3H3. The molecule has 0 bridgehead atoms. The Hall–Kier alpha value is -2.61. The van der Waals surface area contributed by atoms with E-state index in [4.69, 9.17) is 14.2 Å². The van der Waals surface area contributed by atoms with Crippen LogP contribution < -0.4 is 24.3 Å². The second-order valence-electron chi connectivity index (χ2n) is 5.28. The number of hydrogen-bond donors (Lipinski definition) is 1. The van der Waals surface area contributed by atoms with Crippen molar-refractivity contribution in [1.82, 2.24) is 5.32 Å². The molecule has 26 heavy (non-hydrogen) atoms. The Kier molecular flexibility index (Phi) is 6.57. The summed E-state index contributed by atoms with van der Waals surface area (Å²) in [4.78, 5) is 0. The van der Waals surface area contributed by atoms with Crippen molar-refractivity contribution in [3.05, 3.63) is 47.5 Å². The van der Waals surface area contributed by atoms with Crippen molar-refractivity contribution in [2.75, 3.05) is 21.3 Å². The van der Waals surface area contributed by atoms with Crippen molar-refractivity contribution < 1.29 is 32.1 Å². The Morgan fingerprint density at radius 1 is 0.769 bits per heavy atom. The maximum Gasteiger partial charge on any atom is 0.573 e. The molecular formula is C18H20F3NO4. The first-order valence-electron chi connectivity index (χ1n) is 7.71. The van der Waals surface area contributed by atoms with E-state index >= 15 is 0 Å². The molecule has 2 rings (SSSR count). The summed E-state index contributed by atoms with van der Waals surface area (Å²) in [6.45, 7) is 0.535. The van der Waals surface area contributed by atoms with Gasteiger partial charge in [-0.2, -0.15) is 0 Å². The average Bonchev–Trinajstić information content (AvgIpc) is 2.61. The van der Waals surface area contributed by atoms with E-state index in [1.807, 2.05) is 0 Å². The van der Waals surface area contributed by atoms with Gasteiger partial charge in [0.2, 0.25) is 0 Å². The minimum absolute atomic E-state index is 0.184. The molecule has 0 radical (unpaired) electrons. The third-order valence-electron chi connectivity index (χ3n) is 3.62. The number of nitrogens with one attached hydrogen (secondary N) is 1. The highest BCUT2D eigenvalue weighted by Gasteiger charge is 2.31. The van der Waals surface area contributed by atoms with Crippen LogP contribution in [0.3, 0.4) is 0 Å². The lowest BCUT2D eigenvalue weighted by molar-refractivity contribution is -0.274. The van der Waals surface area contributed by atoms with E-state index in [2.05, 4.69) is 10.1 Å². The molecule has 1 N–H and O–H groups in total. The number of halogens is 3. The van der Waals surface area contributed by atoms with Gasteiger partial charge in [-0.05, 0) is 12.1 Å². The van der Waals surface area contributed by atoms with Crippen LogP contribution in [0.4, 0.5) is 13.2 Å². The first-order valence-corrected chi connectivity index (χ1v) is 7.71. The van der Waals surface area contributed by atoms with Crippen LogP contribution in [0.5, 0.6) is 23.0 Å². The van der Waals surface area contributed by atoms with Gasteiger partial charge in [0.1, 0.15) is 11.5 Å². The number of alkyl halides is 3. The lowest BCUT2D eigenvalue weighted by Gasteiger charge is -2.16. The van der Waals surface area contributed by atoms with Crippen LogP contribution in [0.25, 0.3) is 0 Å². The monoisotopic (exact) mass is 371 g/mol. The number of hydrogen-bond acceptors (Lipinski definition) is 5. The molecule has 0 atom stereocenters. The summed E-state index contributed by atoms with van der Waals surface area (Å²) in [6.07, 6.45) is -4.73. The smallest absolute Gasteiger partial charge is 0.496 e. The van der Waals surface area contributed by atoms with Crippen LogP contribution in [0.15, 0.2) is 36.4 Å². The molecule has 0 aliphatic carbocycles. The van der Waals surface area contributed by atoms with Crippen molar-refractivity contribution in [1.29, 1.82) is 0 Å².